The first-order valence-corrected chi connectivity index (χ1v) is 9.89. The maximum Gasteiger partial charge on any atom is 0.160 e. The van der Waals surface area contributed by atoms with Crippen molar-refractivity contribution in [1.82, 2.24) is 35.1 Å². The van der Waals surface area contributed by atoms with Crippen LogP contribution in [0.4, 0.5) is 0 Å². The number of aromatic nitrogens is 7. The maximum absolute atomic E-state index is 4.83. The van der Waals surface area contributed by atoms with Crippen LogP contribution in [0.15, 0.2) is 66.4 Å². The number of hydrogen-bond acceptors (Lipinski definition) is 6. The Hall–Kier alpha value is -3.91. The molecule has 7 nitrogen and oxygen atoms in total. The van der Waals surface area contributed by atoms with E-state index in [2.05, 4.69) is 41.6 Å². The molecule has 0 aliphatic heterocycles. The standard InChI is InChI=1S/C21H13N7S/c1-2-7-22-14(4-1)15-10-13-16(11-24-15)27-28-19(13)21-25-18-12(17-5-3-9-29-17)6-8-23-20(18)26-21/h1-11H,(H,27,28)(H,23,25,26). The van der Waals surface area contributed by atoms with Gasteiger partial charge in [0.1, 0.15) is 11.2 Å². The van der Waals surface area contributed by atoms with Crippen molar-refractivity contribution in [2.45, 2.75) is 0 Å². The molecule has 0 radical (unpaired) electrons. The summed E-state index contributed by atoms with van der Waals surface area (Å²) in [6.07, 6.45) is 5.33. The molecule has 6 heterocycles. The number of rotatable bonds is 3. The van der Waals surface area contributed by atoms with E-state index in [0.29, 0.717) is 5.82 Å². The monoisotopic (exact) mass is 395 g/mol. The van der Waals surface area contributed by atoms with E-state index in [1.165, 1.54) is 0 Å². The molecule has 0 spiro atoms. The number of hydrogen-bond donors (Lipinski definition) is 2. The lowest BCUT2D eigenvalue weighted by Gasteiger charge is -2.00. The van der Waals surface area contributed by atoms with E-state index in [4.69, 9.17) is 4.98 Å². The predicted molar refractivity (Wildman–Crippen MR) is 113 cm³/mol. The summed E-state index contributed by atoms with van der Waals surface area (Å²) in [6.45, 7) is 0. The molecule has 0 aliphatic rings. The van der Waals surface area contributed by atoms with E-state index >= 15 is 0 Å². The molecular formula is C21H13N7S. The minimum Gasteiger partial charge on any atom is -0.321 e. The summed E-state index contributed by atoms with van der Waals surface area (Å²) in [5.74, 6) is 0.668. The topological polar surface area (TPSA) is 96.0 Å². The Bertz CT molecular complexity index is 1450. The molecule has 0 unspecified atom stereocenters. The molecule has 0 saturated carbocycles. The largest absolute Gasteiger partial charge is 0.321 e. The second-order valence-corrected chi connectivity index (χ2v) is 7.47. The third-order valence-electron chi connectivity index (χ3n) is 4.77. The van der Waals surface area contributed by atoms with Gasteiger partial charge < -0.3 is 4.98 Å². The Morgan fingerprint density at radius 3 is 2.76 bits per heavy atom. The van der Waals surface area contributed by atoms with Gasteiger partial charge in [-0.25, -0.2) is 9.97 Å². The molecule has 0 aromatic carbocycles. The van der Waals surface area contributed by atoms with Crippen molar-refractivity contribution in [2.75, 3.05) is 0 Å². The number of fused-ring (bicyclic) bond motifs is 2. The number of thiophene rings is 1. The molecule has 0 bridgehead atoms. The Balaban J connectivity index is 1.53. The van der Waals surface area contributed by atoms with Crippen LogP contribution in [0.25, 0.3) is 55.4 Å². The third kappa shape index (κ3) is 2.61. The smallest absolute Gasteiger partial charge is 0.160 e. The number of pyridine rings is 3. The van der Waals surface area contributed by atoms with Crippen LogP contribution >= 0.6 is 11.3 Å². The molecule has 0 saturated heterocycles. The molecule has 6 rings (SSSR count). The second-order valence-electron chi connectivity index (χ2n) is 6.52. The Labute approximate surface area is 168 Å². The molecule has 0 atom stereocenters. The van der Waals surface area contributed by atoms with Gasteiger partial charge in [-0.3, -0.25) is 15.1 Å². The number of imidazole rings is 1. The van der Waals surface area contributed by atoms with Gasteiger partial charge in [-0.15, -0.1) is 11.3 Å². The summed E-state index contributed by atoms with van der Waals surface area (Å²) in [7, 11) is 0. The highest BCUT2D eigenvalue weighted by molar-refractivity contribution is 7.13. The SMILES string of the molecule is c1ccc(-c2cc3c(-c4nc5c(-c6cccs6)ccnc5[nH]4)n[nH]c3cn2)nc1. The highest BCUT2D eigenvalue weighted by Crippen LogP contribution is 2.33. The zero-order chi connectivity index (χ0) is 19.2. The second kappa shape index (κ2) is 6.32. The van der Waals surface area contributed by atoms with Crippen LogP contribution in [0.3, 0.4) is 0 Å². The lowest BCUT2D eigenvalue weighted by molar-refractivity contribution is 1.10. The normalized spacial score (nSPS) is 11.4. The first-order chi connectivity index (χ1) is 14.4. The van der Waals surface area contributed by atoms with Gasteiger partial charge in [0.25, 0.3) is 0 Å². The molecule has 29 heavy (non-hydrogen) atoms. The van der Waals surface area contributed by atoms with Gasteiger partial charge in [-0.2, -0.15) is 5.10 Å². The first-order valence-electron chi connectivity index (χ1n) is 9.01. The molecule has 138 valence electrons. The molecule has 8 heteroatoms. The molecule has 0 aliphatic carbocycles. The first kappa shape index (κ1) is 16.1. The number of nitrogens with zero attached hydrogens (tertiary/aromatic N) is 5. The highest BCUT2D eigenvalue weighted by atomic mass is 32.1. The van der Waals surface area contributed by atoms with Crippen LogP contribution in [0.2, 0.25) is 0 Å². The quantitative estimate of drug-likeness (QED) is 0.453. The highest BCUT2D eigenvalue weighted by Gasteiger charge is 2.17. The van der Waals surface area contributed by atoms with Crippen molar-refractivity contribution in [3.8, 4) is 33.3 Å². The molecule has 2 N–H and O–H groups in total. The van der Waals surface area contributed by atoms with Gasteiger partial charge in [0, 0.05) is 28.2 Å². The summed E-state index contributed by atoms with van der Waals surface area (Å²) in [4.78, 5) is 22.7. The van der Waals surface area contributed by atoms with Crippen LogP contribution < -0.4 is 0 Å². The van der Waals surface area contributed by atoms with Crippen LogP contribution in [-0.4, -0.2) is 35.1 Å². The van der Waals surface area contributed by atoms with E-state index in [-0.39, 0.29) is 0 Å². The van der Waals surface area contributed by atoms with Crippen molar-refractivity contribution in [3.05, 3.63) is 66.4 Å². The van der Waals surface area contributed by atoms with Crippen molar-refractivity contribution >= 4 is 33.4 Å². The average Bonchev–Trinajstić information content (AvgIpc) is 3.52. The summed E-state index contributed by atoms with van der Waals surface area (Å²) >= 11 is 1.68. The minimum absolute atomic E-state index is 0.668. The van der Waals surface area contributed by atoms with E-state index in [0.717, 1.165) is 49.6 Å². The van der Waals surface area contributed by atoms with Crippen molar-refractivity contribution in [3.63, 3.8) is 0 Å². The zero-order valence-electron chi connectivity index (χ0n) is 15.0. The lowest BCUT2D eigenvalue weighted by Crippen LogP contribution is -1.87. The fourth-order valence-corrected chi connectivity index (χ4v) is 4.16. The van der Waals surface area contributed by atoms with E-state index in [1.807, 2.05) is 36.4 Å². The van der Waals surface area contributed by atoms with Crippen molar-refractivity contribution < 1.29 is 0 Å². The van der Waals surface area contributed by atoms with Crippen LogP contribution in [0, 0.1) is 0 Å². The number of H-pyrrole nitrogens is 2. The summed E-state index contributed by atoms with van der Waals surface area (Å²) in [5, 5.41) is 10.5. The van der Waals surface area contributed by atoms with Crippen molar-refractivity contribution in [1.29, 1.82) is 0 Å². The number of nitrogens with one attached hydrogen (secondary N) is 2. The van der Waals surface area contributed by atoms with Gasteiger partial charge in [-0.1, -0.05) is 12.1 Å². The summed E-state index contributed by atoms with van der Waals surface area (Å²) < 4.78 is 0. The fourth-order valence-electron chi connectivity index (χ4n) is 3.40. The van der Waals surface area contributed by atoms with Gasteiger partial charge in [0.05, 0.1) is 23.1 Å². The number of aromatic amines is 2. The fraction of sp³-hybridized carbons (Fsp3) is 0. The van der Waals surface area contributed by atoms with Gasteiger partial charge in [0.15, 0.2) is 11.5 Å². The summed E-state index contributed by atoms with van der Waals surface area (Å²) in [5.41, 5.74) is 5.80. The Kier molecular flexibility index (Phi) is 3.50. The Morgan fingerprint density at radius 1 is 0.897 bits per heavy atom. The zero-order valence-corrected chi connectivity index (χ0v) is 15.8. The van der Waals surface area contributed by atoms with Crippen LogP contribution in [0.5, 0.6) is 0 Å². The Morgan fingerprint density at radius 2 is 1.90 bits per heavy atom. The van der Waals surface area contributed by atoms with Gasteiger partial charge >= 0.3 is 0 Å². The van der Waals surface area contributed by atoms with E-state index < -0.39 is 0 Å². The third-order valence-corrected chi connectivity index (χ3v) is 5.67. The average molecular weight is 395 g/mol. The molecular weight excluding hydrogens is 382 g/mol. The van der Waals surface area contributed by atoms with Gasteiger partial charge in [-0.05, 0) is 35.7 Å². The van der Waals surface area contributed by atoms with E-state index in [1.54, 1.807) is 29.9 Å². The summed E-state index contributed by atoms with van der Waals surface area (Å²) in [6, 6.07) is 13.9. The predicted octanol–water partition coefficient (Wildman–Crippen LogP) is 4.69. The van der Waals surface area contributed by atoms with Crippen molar-refractivity contribution in [2.24, 2.45) is 0 Å². The molecule has 6 aromatic rings. The molecule has 6 aromatic heterocycles. The molecule has 0 fully saturated rings. The van der Waals surface area contributed by atoms with Crippen LogP contribution in [0.1, 0.15) is 0 Å². The van der Waals surface area contributed by atoms with Gasteiger partial charge in [0.2, 0.25) is 0 Å². The van der Waals surface area contributed by atoms with Crippen LogP contribution in [-0.2, 0) is 0 Å². The molecule has 0 amide bonds. The van der Waals surface area contributed by atoms with E-state index in [9.17, 15) is 0 Å². The maximum atomic E-state index is 4.83. The lowest BCUT2D eigenvalue weighted by atomic mass is 10.1. The minimum atomic E-state index is 0.668.